The first-order valence-corrected chi connectivity index (χ1v) is 10.1. The summed E-state index contributed by atoms with van der Waals surface area (Å²) in [6, 6.07) is 2.12. The molecule has 0 radical (unpaired) electrons. The number of hydrogen-bond donors (Lipinski definition) is 1. The van der Waals surface area contributed by atoms with Crippen LogP contribution in [0, 0.1) is 11.3 Å². The van der Waals surface area contributed by atoms with Gasteiger partial charge >= 0.3 is 12.1 Å². The molecule has 30 heavy (non-hydrogen) atoms. The highest BCUT2D eigenvalue weighted by atomic mass is 32.1. The molecule has 3 saturated heterocycles. The summed E-state index contributed by atoms with van der Waals surface area (Å²) in [4.78, 5) is 24.9. The summed E-state index contributed by atoms with van der Waals surface area (Å²) in [7, 11) is 0. The number of hydrogen-bond acceptors (Lipinski definition) is 5. The molecule has 0 unspecified atom stereocenters. The van der Waals surface area contributed by atoms with Crippen LogP contribution in [0.4, 0.5) is 22.0 Å². The largest absolute Gasteiger partial charge is 0.490 e. The number of carbonyl (C=O) groups is 2. The van der Waals surface area contributed by atoms with E-state index in [-0.39, 0.29) is 11.3 Å². The van der Waals surface area contributed by atoms with Crippen molar-refractivity contribution in [1.29, 1.82) is 0 Å². The van der Waals surface area contributed by atoms with Crippen molar-refractivity contribution in [1.82, 2.24) is 9.80 Å². The molecular formula is C18H21F5N2O4S. The summed E-state index contributed by atoms with van der Waals surface area (Å²) in [5.74, 6) is -5.28. The van der Waals surface area contributed by atoms with E-state index in [4.69, 9.17) is 14.6 Å². The zero-order chi connectivity index (χ0) is 22.2. The molecule has 3 aliphatic rings. The molecule has 3 fully saturated rings. The topological polar surface area (TPSA) is 70.1 Å². The number of thiophene rings is 1. The van der Waals surface area contributed by atoms with Gasteiger partial charge in [-0.3, -0.25) is 9.69 Å². The van der Waals surface area contributed by atoms with Gasteiger partial charge in [-0.05, 0) is 22.4 Å². The highest BCUT2D eigenvalue weighted by Gasteiger charge is 2.54. The zero-order valence-electron chi connectivity index (χ0n) is 15.8. The number of carbonyl (C=O) groups excluding carboxylic acids is 1. The van der Waals surface area contributed by atoms with E-state index in [9.17, 15) is 26.7 Å². The minimum atomic E-state index is -5.08. The fourth-order valence-electron chi connectivity index (χ4n) is 4.06. The Morgan fingerprint density at radius 1 is 1.27 bits per heavy atom. The lowest BCUT2D eigenvalue weighted by molar-refractivity contribution is -0.192. The Labute approximate surface area is 173 Å². The third-order valence-electron chi connectivity index (χ3n) is 5.52. The van der Waals surface area contributed by atoms with Crippen LogP contribution >= 0.6 is 11.3 Å². The number of fused-ring (bicyclic) bond motifs is 1. The van der Waals surface area contributed by atoms with Gasteiger partial charge in [-0.25, -0.2) is 13.6 Å². The first-order valence-electron chi connectivity index (χ1n) is 9.17. The van der Waals surface area contributed by atoms with Crippen molar-refractivity contribution in [2.24, 2.45) is 11.3 Å². The van der Waals surface area contributed by atoms with Gasteiger partial charge in [-0.1, -0.05) is 0 Å². The maximum atomic E-state index is 13.0. The number of carboxylic acids is 1. The fraction of sp³-hybridized carbons (Fsp3) is 0.667. The van der Waals surface area contributed by atoms with Crippen LogP contribution in [0.2, 0.25) is 0 Å². The second kappa shape index (κ2) is 8.39. The lowest BCUT2D eigenvalue weighted by atomic mass is 9.77. The summed E-state index contributed by atoms with van der Waals surface area (Å²) < 4.78 is 63.3. The maximum absolute atomic E-state index is 13.0. The molecule has 4 rings (SSSR count). The molecule has 0 aromatic carbocycles. The van der Waals surface area contributed by atoms with Gasteiger partial charge in [0.05, 0.1) is 26.3 Å². The summed E-state index contributed by atoms with van der Waals surface area (Å²) in [6.07, 6.45) is -4.76. The van der Waals surface area contributed by atoms with Crippen molar-refractivity contribution in [2.45, 2.75) is 25.1 Å². The van der Waals surface area contributed by atoms with Gasteiger partial charge in [0.1, 0.15) is 0 Å². The molecule has 2 atom stereocenters. The SMILES string of the molecule is O=C(C[C@]12COC[C@H]1CN(Cc1ccsc1)C2)N1CC(F)(F)C1.O=C(O)C(F)(F)F. The van der Waals surface area contributed by atoms with Crippen LogP contribution in [-0.4, -0.2) is 78.3 Å². The highest BCUT2D eigenvalue weighted by Crippen LogP contribution is 2.45. The molecule has 3 aliphatic heterocycles. The standard InChI is InChI=1S/C16H20F2N2O2S.C2HF3O2/c17-16(18)9-20(10-16)14(21)3-15-8-19(4-12-1-2-23-7-12)5-13(15)6-22-11-15;3-2(4,5)1(6)7/h1-2,7,13H,3-6,8-11H2;(H,6,7)/t13-,15+;/m1./s1. The average molecular weight is 456 g/mol. The first-order chi connectivity index (χ1) is 13.9. The smallest absolute Gasteiger partial charge is 0.475 e. The van der Waals surface area contributed by atoms with E-state index in [1.54, 1.807) is 11.3 Å². The lowest BCUT2D eigenvalue weighted by Gasteiger charge is -2.40. The molecular weight excluding hydrogens is 435 g/mol. The van der Waals surface area contributed by atoms with Crippen LogP contribution in [0.25, 0.3) is 0 Å². The molecule has 0 spiro atoms. The van der Waals surface area contributed by atoms with Crippen molar-refractivity contribution in [3.8, 4) is 0 Å². The highest BCUT2D eigenvalue weighted by molar-refractivity contribution is 7.07. The molecule has 1 N–H and O–H groups in total. The number of amides is 1. The molecule has 12 heteroatoms. The van der Waals surface area contributed by atoms with Crippen LogP contribution in [0.1, 0.15) is 12.0 Å². The quantitative estimate of drug-likeness (QED) is 0.706. The number of nitrogens with zero attached hydrogens (tertiary/aromatic N) is 2. The van der Waals surface area contributed by atoms with E-state index in [1.165, 1.54) is 10.5 Å². The lowest BCUT2D eigenvalue weighted by Crippen LogP contribution is -2.59. The molecule has 1 aromatic rings. The summed E-state index contributed by atoms with van der Waals surface area (Å²) in [6.45, 7) is 3.00. The maximum Gasteiger partial charge on any atom is 0.490 e. The van der Waals surface area contributed by atoms with Gasteiger partial charge in [0.15, 0.2) is 0 Å². The predicted octanol–water partition coefficient (Wildman–Crippen LogP) is 2.70. The normalized spacial score (nSPS) is 27.8. The first kappa shape index (κ1) is 22.9. The Kier molecular flexibility index (Phi) is 6.40. The third-order valence-corrected chi connectivity index (χ3v) is 6.25. The molecule has 0 aliphatic carbocycles. The molecule has 6 nitrogen and oxygen atoms in total. The summed E-state index contributed by atoms with van der Waals surface area (Å²) in [5, 5.41) is 11.3. The van der Waals surface area contributed by atoms with Crippen LogP contribution in [-0.2, 0) is 20.9 Å². The Morgan fingerprint density at radius 3 is 2.47 bits per heavy atom. The number of rotatable bonds is 4. The number of alkyl halides is 5. The van der Waals surface area contributed by atoms with Crippen molar-refractivity contribution < 1.29 is 41.4 Å². The zero-order valence-corrected chi connectivity index (χ0v) is 16.6. The van der Waals surface area contributed by atoms with Crippen molar-refractivity contribution >= 4 is 23.2 Å². The average Bonchev–Trinajstić information content (AvgIpc) is 3.28. The second-order valence-corrected chi connectivity index (χ2v) is 8.74. The molecule has 0 bridgehead atoms. The van der Waals surface area contributed by atoms with E-state index in [2.05, 4.69) is 21.7 Å². The van der Waals surface area contributed by atoms with E-state index in [0.717, 1.165) is 19.6 Å². The predicted molar refractivity (Wildman–Crippen MR) is 96.2 cm³/mol. The molecule has 4 heterocycles. The van der Waals surface area contributed by atoms with Crippen LogP contribution in [0.3, 0.4) is 0 Å². The van der Waals surface area contributed by atoms with E-state index >= 15 is 0 Å². The number of likely N-dealkylation sites (tertiary alicyclic amines) is 2. The summed E-state index contributed by atoms with van der Waals surface area (Å²) >= 11 is 1.69. The van der Waals surface area contributed by atoms with E-state index in [0.29, 0.717) is 25.6 Å². The Morgan fingerprint density at radius 2 is 1.93 bits per heavy atom. The molecule has 1 aromatic heterocycles. The molecule has 1 amide bonds. The van der Waals surface area contributed by atoms with Gasteiger partial charge in [0.25, 0.3) is 5.92 Å². The van der Waals surface area contributed by atoms with Gasteiger partial charge < -0.3 is 14.7 Å². The van der Waals surface area contributed by atoms with Crippen LogP contribution in [0.15, 0.2) is 16.8 Å². The molecule has 0 saturated carbocycles. The van der Waals surface area contributed by atoms with Gasteiger partial charge in [0, 0.05) is 37.4 Å². The van der Waals surface area contributed by atoms with Crippen molar-refractivity contribution in [3.63, 3.8) is 0 Å². The van der Waals surface area contributed by atoms with E-state index < -0.39 is 31.2 Å². The van der Waals surface area contributed by atoms with Gasteiger partial charge in [0.2, 0.25) is 5.91 Å². The van der Waals surface area contributed by atoms with Crippen LogP contribution in [0.5, 0.6) is 0 Å². The Balaban J connectivity index is 0.000000318. The van der Waals surface area contributed by atoms with E-state index in [1.807, 2.05) is 0 Å². The second-order valence-electron chi connectivity index (χ2n) is 7.96. The Hall–Kier alpha value is -1.79. The number of carboxylic acid groups (broad SMARTS) is 1. The third kappa shape index (κ3) is 5.27. The monoisotopic (exact) mass is 456 g/mol. The number of ether oxygens (including phenoxy) is 1. The summed E-state index contributed by atoms with van der Waals surface area (Å²) in [5.41, 5.74) is 1.09. The van der Waals surface area contributed by atoms with Crippen LogP contribution < -0.4 is 0 Å². The number of aliphatic carboxylic acids is 1. The minimum Gasteiger partial charge on any atom is -0.475 e. The molecule has 168 valence electrons. The Bertz CT molecular complexity index is 765. The van der Waals surface area contributed by atoms with Crippen molar-refractivity contribution in [3.05, 3.63) is 22.4 Å². The van der Waals surface area contributed by atoms with Crippen molar-refractivity contribution in [2.75, 3.05) is 39.4 Å². The van der Waals surface area contributed by atoms with Gasteiger partial charge in [-0.15, -0.1) is 0 Å². The van der Waals surface area contributed by atoms with Gasteiger partial charge in [-0.2, -0.15) is 24.5 Å². The number of halogens is 5. The fourth-order valence-corrected chi connectivity index (χ4v) is 4.72. The minimum absolute atomic E-state index is 0.149.